The van der Waals surface area contributed by atoms with Crippen LogP contribution in [0.3, 0.4) is 0 Å². The third-order valence-electron chi connectivity index (χ3n) is 4.66. The van der Waals surface area contributed by atoms with Crippen LogP contribution in [0.2, 0.25) is 0 Å². The van der Waals surface area contributed by atoms with Crippen LogP contribution in [0, 0.1) is 19.3 Å². The van der Waals surface area contributed by atoms with Crippen LogP contribution < -0.4 is 0 Å². The summed E-state index contributed by atoms with van der Waals surface area (Å²) >= 11 is 0. The van der Waals surface area contributed by atoms with Crippen LogP contribution in [-0.4, -0.2) is 16.2 Å². The van der Waals surface area contributed by atoms with Gasteiger partial charge in [-0.15, -0.1) is 0 Å². The number of carboxylic acid groups (broad SMARTS) is 1. The molecule has 3 heteroatoms. The molecule has 0 aliphatic heterocycles. The molecule has 2 N–H and O–H groups in total. The van der Waals surface area contributed by atoms with Crippen LogP contribution in [0.4, 0.5) is 0 Å². The third-order valence-corrected chi connectivity index (χ3v) is 4.66. The van der Waals surface area contributed by atoms with Gasteiger partial charge in [-0.2, -0.15) is 0 Å². The topological polar surface area (TPSA) is 57.5 Å². The molecule has 0 unspecified atom stereocenters. The molecule has 2 rings (SSSR count). The minimum absolute atomic E-state index is 0.303. The highest BCUT2D eigenvalue weighted by Crippen LogP contribution is 2.39. The zero-order valence-electron chi connectivity index (χ0n) is 12.8. The van der Waals surface area contributed by atoms with Crippen molar-refractivity contribution in [3.63, 3.8) is 0 Å². The normalized spacial score (nSPS) is 15.0. The highest BCUT2D eigenvalue weighted by molar-refractivity contribution is 5.74. The maximum Gasteiger partial charge on any atom is 0.309 e. The van der Waals surface area contributed by atoms with Crippen LogP contribution >= 0.6 is 0 Å². The van der Waals surface area contributed by atoms with Crippen molar-refractivity contribution in [2.45, 2.75) is 59.8 Å². The second-order valence-electron chi connectivity index (χ2n) is 6.61. The molecule has 1 aromatic rings. The van der Waals surface area contributed by atoms with Gasteiger partial charge in [0.25, 0.3) is 0 Å². The molecule has 0 bridgehead atoms. The van der Waals surface area contributed by atoms with Crippen molar-refractivity contribution in [3.05, 3.63) is 27.8 Å². The zero-order valence-corrected chi connectivity index (χ0v) is 12.8. The van der Waals surface area contributed by atoms with Crippen LogP contribution in [-0.2, 0) is 24.1 Å². The third kappa shape index (κ3) is 2.41. The molecular formula is C17H24O3. The van der Waals surface area contributed by atoms with Gasteiger partial charge in [0.15, 0.2) is 0 Å². The first-order valence-corrected chi connectivity index (χ1v) is 7.32. The maximum absolute atomic E-state index is 11.3. The molecule has 0 saturated carbocycles. The molecule has 3 nitrogen and oxygen atoms in total. The Morgan fingerprint density at radius 2 is 1.60 bits per heavy atom. The summed E-state index contributed by atoms with van der Waals surface area (Å²) in [6.45, 7) is 7.40. The number of hydrogen-bond acceptors (Lipinski definition) is 2. The lowest BCUT2D eigenvalue weighted by atomic mass is 9.78. The lowest BCUT2D eigenvalue weighted by molar-refractivity contribution is -0.146. The molecule has 1 aromatic carbocycles. The van der Waals surface area contributed by atoms with Crippen LogP contribution in [0.15, 0.2) is 0 Å². The summed E-state index contributed by atoms with van der Waals surface area (Å²) < 4.78 is 0. The number of hydrogen-bond donors (Lipinski definition) is 2. The van der Waals surface area contributed by atoms with Gasteiger partial charge < -0.3 is 10.2 Å². The van der Waals surface area contributed by atoms with E-state index >= 15 is 0 Å². The smallest absolute Gasteiger partial charge is 0.309 e. The molecule has 0 fully saturated rings. The van der Waals surface area contributed by atoms with Crippen molar-refractivity contribution < 1.29 is 15.0 Å². The Bertz CT molecular complexity index is 556. The SMILES string of the molecule is Cc1c(O)c(CC(C)(C)C(=O)O)c(C)c2c1CCCC2. The van der Waals surface area contributed by atoms with Gasteiger partial charge in [-0.05, 0) is 87.6 Å². The highest BCUT2D eigenvalue weighted by Gasteiger charge is 2.31. The fourth-order valence-corrected chi connectivity index (χ4v) is 3.20. The van der Waals surface area contributed by atoms with Gasteiger partial charge in [0.05, 0.1) is 5.41 Å². The van der Waals surface area contributed by atoms with Gasteiger partial charge in [-0.1, -0.05) is 0 Å². The number of phenolic OH excluding ortho intramolecular Hbond substituents is 1. The van der Waals surface area contributed by atoms with E-state index in [4.69, 9.17) is 0 Å². The van der Waals surface area contributed by atoms with Crippen molar-refractivity contribution in [2.24, 2.45) is 5.41 Å². The van der Waals surface area contributed by atoms with Crippen LogP contribution in [0.5, 0.6) is 5.75 Å². The fraction of sp³-hybridized carbons (Fsp3) is 0.588. The van der Waals surface area contributed by atoms with Gasteiger partial charge in [0.2, 0.25) is 0 Å². The molecule has 0 atom stereocenters. The molecule has 0 radical (unpaired) electrons. The van der Waals surface area contributed by atoms with E-state index in [1.54, 1.807) is 13.8 Å². The first-order valence-electron chi connectivity index (χ1n) is 7.32. The van der Waals surface area contributed by atoms with Crippen LogP contribution in [0.25, 0.3) is 0 Å². The Labute approximate surface area is 120 Å². The van der Waals surface area contributed by atoms with Gasteiger partial charge in [-0.3, -0.25) is 4.79 Å². The number of aromatic hydroxyl groups is 1. The van der Waals surface area contributed by atoms with Crippen molar-refractivity contribution in [2.75, 3.05) is 0 Å². The summed E-state index contributed by atoms with van der Waals surface area (Å²) in [6, 6.07) is 0. The first kappa shape index (κ1) is 14.9. The summed E-state index contributed by atoms with van der Waals surface area (Å²) in [5.41, 5.74) is 4.61. The molecule has 0 heterocycles. The Balaban J connectivity index is 2.54. The average Bonchev–Trinajstić information content (AvgIpc) is 2.41. The summed E-state index contributed by atoms with van der Waals surface area (Å²) in [4.78, 5) is 11.3. The number of aliphatic carboxylic acids is 1. The van der Waals surface area contributed by atoms with Gasteiger partial charge in [0, 0.05) is 0 Å². The molecule has 110 valence electrons. The molecule has 1 aliphatic rings. The Morgan fingerprint density at radius 3 is 2.10 bits per heavy atom. The lowest BCUT2D eigenvalue weighted by Gasteiger charge is -2.27. The lowest BCUT2D eigenvalue weighted by Crippen LogP contribution is -2.27. The van der Waals surface area contributed by atoms with Crippen molar-refractivity contribution in [1.82, 2.24) is 0 Å². The van der Waals surface area contributed by atoms with E-state index in [1.165, 1.54) is 24.0 Å². The number of phenols is 1. The van der Waals surface area contributed by atoms with Crippen molar-refractivity contribution in [1.29, 1.82) is 0 Å². The van der Waals surface area contributed by atoms with E-state index in [9.17, 15) is 15.0 Å². The molecule has 0 saturated heterocycles. The monoisotopic (exact) mass is 276 g/mol. The summed E-state index contributed by atoms with van der Waals surface area (Å²) in [5, 5.41) is 19.8. The number of rotatable bonds is 3. The Kier molecular flexibility index (Phi) is 3.81. The van der Waals surface area contributed by atoms with Gasteiger partial charge in [-0.25, -0.2) is 0 Å². The minimum Gasteiger partial charge on any atom is -0.507 e. The van der Waals surface area contributed by atoms with E-state index in [0.29, 0.717) is 12.2 Å². The average molecular weight is 276 g/mol. The fourth-order valence-electron chi connectivity index (χ4n) is 3.20. The zero-order chi connectivity index (χ0) is 15.1. The van der Waals surface area contributed by atoms with Crippen molar-refractivity contribution >= 4 is 5.97 Å². The van der Waals surface area contributed by atoms with Crippen molar-refractivity contribution in [3.8, 4) is 5.75 Å². The predicted molar refractivity (Wildman–Crippen MR) is 79.3 cm³/mol. The van der Waals surface area contributed by atoms with E-state index in [-0.39, 0.29) is 0 Å². The highest BCUT2D eigenvalue weighted by atomic mass is 16.4. The second kappa shape index (κ2) is 5.12. The first-order chi connectivity index (χ1) is 9.25. The summed E-state index contributed by atoms with van der Waals surface area (Å²) in [7, 11) is 0. The number of benzene rings is 1. The summed E-state index contributed by atoms with van der Waals surface area (Å²) in [6.07, 6.45) is 4.79. The number of carbonyl (C=O) groups is 1. The second-order valence-corrected chi connectivity index (χ2v) is 6.61. The van der Waals surface area contributed by atoms with E-state index in [0.717, 1.165) is 29.5 Å². The molecule has 0 aromatic heterocycles. The van der Waals surface area contributed by atoms with E-state index in [2.05, 4.69) is 0 Å². The molecule has 0 spiro atoms. The standard InChI is InChI=1S/C17H24O3/c1-10-12-7-5-6-8-13(12)11(2)15(18)14(10)9-17(3,4)16(19)20/h18H,5-9H2,1-4H3,(H,19,20). The predicted octanol–water partition coefficient (Wildman–Crippen LogP) is 3.54. The summed E-state index contributed by atoms with van der Waals surface area (Å²) in [5.74, 6) is -0.524. The van der Waals surface area contributed by atoms with Crippen LogP contribution in [0.1, 0.15) is 54.5 Å². The maximum atomic E-state index is 11.3. The minimum atomic E-state index is -0.864. The molecule has 1 aliphatic carbocycles. The molecule has 0 amide bonds. The quantitative estimate of drug-likeness (QED) is 0.887. The van der Waals surface area contributed by atoms with Gasteiger partial charge in [0.1, 0.15) is 5.75 Å². The van der Waals surface area contributed by atoms with E-state index in [1.807, 2.05) is 13.8 Å². The number of fused-ring (bicyclic) bond motifs is 1. The van der Waals surface area contributed by atoms with E-state index < -0.39 is 11.4 Å². The van der Waals surface area contributed by atoms with Gasteiger partial charge >= 0.3 is 5.97 Å². The molecular weight excluding hydrogens is 252 g/mol. The Hall–Kier alpha value is -1.51. The number of carboxylic acids is 1. The molecule has 20 heavy (non-hydrogen) atoms. The Morgan fingerprint density at radius 1 is 1.10 bits per heavy atom. The largest absolute Gasteiger partial charge is 0.507 e.